The van der Waals surface area contributed by atoms with Gasteiger partial charge in [-0.25, -0.2) is 0 Å². The van der Waals surface area contributed by atoms with Crippen molar-refractivity contribution in [2.75, 3.05) is 6.54 Å². The predicted molar refractivity (Wildman–Crippen MR) is 60.5 cm³/mol. The van der Waals surface area contributed by atoms with Crippen LogP contribution in [-0.4, -0.2) is 27.2 Å². The van der Waals surface area contributed by atoms with Gasteiger partial charge in [0.25, 0.3) is 0 Å². The Bertz CT molecular complexity index is 171. The molecule has 0 amide bonds. The zero-order valence-corrected chi connectivity index (χ0v) is 12.2. The van der Waals surface area contributed by atoms with Crippen LogP contribution < -0.4 is 18.9 Å². The van der Waals surface area contributed by atoms with Crippen molar-refractivity contribution in [3.63, 3.8) is 0 Å². The molecular formula is C9H20LiNSi2. The summed E-state index contributed by atoms with van der Waals surface area (Å²) in [6.07, 6.45) is 7.05. The normalized spacial score (nSPS) is 12.2. The van der Waals surface area contributed by atoms with Gasteiger partial charge < -0.3 is 16.6 Å². The summed E-state index contributed by atoms with van der Waals surface area (Å²) in [4.78, 5) is 0. The molecular weight excluding hydrogens is 185 g/mol. The van der Waals surface area contributed by atoms with Crippen LogP contribution in [0.5, 0.6) is 0 Å². The van der Waals surface area contributed by atoms with Gasteiger partial charge in [-0.15, -0.1) is 0 Å². The summed E-state index contributed by atoms with van der Waals surface area (Å²) in [5.74, 6) is 2.53. The van der Waals surface area contributed by atoms with E-state index in [0.29, 0.717) is 0 Å². The number of hydrogen-bond donors (Lipinski definition) is 0. The summed E-state index contributed by atoms with van der Waals surface area (Å²) in [6.45, 7) is 14.7. The molecule has 0 rings (SSSR count). The van der Waals surface area contributed by atoms with E-state index in [-0.39, 0.29) is 18.9 Å². The van der Waals surface area contributed by atoms with E-state index in [4.69, 9.17) is 6.42 Å². The van der Waals surface area contributed by atoms with Crippen molar-refractivity contribution in [2.24, 2.45) is 0 Å². The molecule has 70 valence electrons. The second kappa shape index (κ2) is 5.44. The molecule has 0 spiro atoms. The number of hydrogen-bond acceptors (Lipinski definition) is 1. The van der Waals surface area contributed by atoms with Crippen LogP contribution in [0.4, 0.5) is 0 Å². The van der Waals surface area contributed by atoms with Gasteiger partial charge in [0.1, 0.15) is 16.5 Å². The van der Waals surface area contributed by atoms with Crippen LogP contribution in [0.1, 0.15) is 0 Å². The summed E-state index contributed by atoms with van der Waals surface area (Å²) >= 11 is 0. The Hall–Kier alpha value is 0.551. The van der Waals surface area contributed by atoms with Crippen molar-refractivity contribution in [3.05, 3.63) is 6.42 Å². The molecule has 13 heavy (non-hydrogen) atoms. The zero-order chi connectivity index (χ0) is 9.99. The zero-order valence-electron chi connectivity index (χ0n) is 10.2. The molecule has 0 aliphatic heterocycles. The average molecular weight is 205 g/mol. The molecule has 1 nitrogen and oxygen atoms in total. The maximum atomic E-state index is 7.05. The Morgan fingerprint density at radius 3 is 1.38 bits per heavy atom. The third kappa shape index (κ3) is 5.78. The van der Waals surface area contributed by atoms with Crippen LogP contribution in [0.15, 0.2) is 0 Å². The summed E-state index contributed by atoms with van der Waals surface area (Å²) in [5, 5.41) is 0. The molecule has 0 radical (unpaired) electrons. The minimum Gasteiger partial charge on any atom is -0.692 e. The van der Waals surface area contributed by atoms with Gasteiger partial charge in [0.15, 0.2) is 0 Å². The molecule has 0 aromatic heterocycles. The molecule has 0 saturated heterocycles. The summed E-state index contributed by atoms with van der Waals surface area (Å²) < 4.78 is 2.53. The SMILES string of the molecule is [C-]#CCN([Si](C)(C)C)[Si](C)(C)C.[Li+]. The van der Waals surface area contributed by atoms with Gasteiger partial charge in [-0.05, 0) is 0 Å². The summed E-state index contributed by atoms with van der Waals surface area (Å²) in [7, 11) is -2.46. The molecule has 0 heterocycles. The van der Waals surface area contributed by atoms with Crippen LogP contribution in [0.3, 0.4) is 0 Å². The van der Waals surface area contributed by atoms with Crippen LogP contribution >= 0.6 is 0 Å². The monoisotopic (exact) mass is 205 g/mol. The second-order valence-electron chi connectivity index (χ2n) is 5.10. The minimum atomic E-state index is -1.23. The van der Waals surface area contributed by atoms with Crippen molar-refractivity contribution in [3.8, 4) is 5.92 Å². The van der Waals surface area contributed by atoms with Gasteiger partial charge in [0.2, 0.25) is 0 Å². The van der Waals surface area contributed by atoms with Crippen LogP contribution in [-0.2, 0) is 0 Å². The molecule has 0 fully saturated rings. The van der Waals surface area contributed by atoms with Crippen LogP contribution in [0.25, 0.3) is 0 Å². The number of rotatable bonds is 3. The molecule has 0 atom stereocenters. The van der Waals surface area contributed by atoms with Crippen LogP contribution in [0.2, 0.25) is 39.3 Å². The molecule has 0 saturated carbocycles. The standard InChI is InChI=1S/C9H20NSi2.Li/c1-8-9-10(11(2,3)4)12(5,6)7;/h9H2,2-7H3;/q-1;+1. The van der Waals surface area contributed by atoms with E-state index in [9.17, 15) is 0 Å². The fourth-order valence-corrected chi connectivity index (χ4v) is 10.7. The summed E-state index contributed by atoms with van der Waals surface area (Å²) in [5.41, 5.74) is 0. The van der Waals surface area contributed by atoms with E-state index < -0.39 is 16.5 Å². The Morgan fingerprint density at radius 1 is 1.00 bits per heavy atom. The smallest absolute Gasteiger partial charge is 0.692 e. The third-order valence-corrected chi connectivity index (χ3v) is 9.44. The van der Waals surface area contributed by atoms with Crippen LogP contribution in [0, 0.1) is 12.3 Å². The van der Waals surface area contributed by atoms with E-state index in [1.54, 1.807) is 0 Å². The van der Waals surface area contributed by atoms with Gasteiger partial charge in [0, 0.05) is 6.54 Å². The van der Waals surface area contributed by atoms with E-state index >= 15 is 0 Å². The first-order valence-electron chi connectivity index (χ1n) is 4.37. The molecule has 4 heteroatoms. The maximum Gasteiger partial charge on any atom is 1.00 e. The Labute approximate surface area is 97.6 Å². The first kappa shape index (κ1) is 16.0. The summed E-state index contributed by atoms with van der Waals surface area (Å²) in [6, 6.07) is 0. The van der Waals surface area contributed by atoms with Gasteiger partial charge >= 0.3 is 18.9 Å². The molecule has 0 aromatic carbocycles. The fraction of sp³-hybridized carbons (Fsp3) is 0.778. The van der Waals surface area contributed by atoms with Crippen molar-refractivity contribution < 1.29 is 18.9 Å². The number of nitrogens with zero attached hydrogens (tertiary/aromatic N) is 1. The second-order valence-corrected chi connectivity index (χ2v) is 15.3. The fourth-order valence-electron chi connectivity index (χ4n) is 1.56. The largest absolute Gasteiger partial charge is 1.00 e. The first-order chi connectivity index (χ1) is 5.19. The molecule has 0 N–H and O–H groups in total. The molecule has 0 aliphatic carbocycles. The maximum absolute atomic E-state index is 7.05. The molecule has 0 bridgehead atoms. The quantitative estimate of drug-likeness (QED) is 0.343. The van der Waals surface area contributed by atoms with Gasteiger partial charge in [-0.2, -0.15) is 0 Å². The Morgan fingerprint density at radius 2 is 1.31 bits per heavy atom. The van der Waals surface area contributed by atoms with E-state index in [1.807, 2.05) is 0 Å². The Balaban J connectivity index is 0. The van der Waals surface area contributed by atoms with E-state index in [1.165, 1.54) is 0 Å². The van der Waals surface area contributed by atoms with E-state index in [2.05, 4.69) is 49.4 Å². The van der Waals surface area contributed by atoms with Gasteiger partial charge in [-0.1, -0.05) is 39.3 Å². The van der Waals surface area contributed by atoms with Crippen molar-refractivity contribution in [1.82, 2.24) is 4.23 Å². The van der Waals surface area contributed by atoms with Gasteiger partial charge in [-0.3, -0.25) is 0 Å². The van der Waals surface area contributed by atoms with Crippen molar-refractivity contribution >= 4 is 16.5 Å². The van der Waals surface area contributed by atoms with Gasteiger partial charge in [0.05, 0.1) is 0 Å². The van der Waals surface area contributed by atoms with E-state index in [0.717, 1.165) is 6.54 Å². The molecule has 0 aliphatic rings. The minimum absolute atomic E-state index is 0. The molecule has 0 aromatic rings. The third-order valence-electron chi connectivity index (χ3n) is 1.86. The first-order valence-corrected chi connectivity index (χ1v) is 11.3. The average Bonchev–Trinajstić information content (AvgIpc) is 1.77. The predicted octanol–water partition coefficient (Wildman–Crippen LogP) is -0.448. The Kier molecular flexibility index (Phi) is 6.69. The topological polar surface area (TPSA) is 3.24 Å². The van der Waals surface area contributed by atoms with Crippen molar-refractivity contribution in [1.29, 1.82) is 0 Å². The van der Waals surface area contributed by atoms with Crippen molar-refractivity contribution in [2.45, 2.75) is 39.3 Å². The molecule has 0 unspecified atom stereocenters.